The summed E-state index contributed by atoms with van der Waals surface area (Å²) in [6, 6.07) is 2.94. The normalized spacial score (nSPS) is 27.8. The lowest BCUT2D eigenvalue weighted by molar-refractivity contribution is 0.00682. The van der Waals surface area contributed by atoms with Crippen molar-refractivity contribution in [3.8, 4) is 0 Å². The third kappa shape index (κ3) is 1.21. The van der Waals surface area contributed by atoms with E-state index < -0.39 is 0 Å². The summed E-state index contributed by atoms with van der Waals surface area (Å²) in [7, 11) is 0. The van der Waals surface area contributed by atoms with Crippen LogP contribution in [-0.2, 0) is 11.3 Å². The van der Waals surface area contributed by atoms with Crippen LogP contribution in [0.25, 0.3) is 0 Å². The third-order valence-corrected chi connectivity index (χ3v) is 3.13. The van der Waals surface area contributed by atoms with Gasteiger partial charge in [-0.25, -0.2) is 0 Å². The van der Waals surface area contributed by atoms with Gasteiger partial charge < -0.3 is 14.2 Å². The summed E-state index contributed by atoms with van der Waals surface area (Å²) >= 11 is 0. The smallest absolute Gasteiger partial charge is 0.273 e. The highest BCUT2D eigenvalue weighted by Crippen LogP contribution is 2.25. The number of hydrogen-bond donors (Lipinski definition) is 0. The van der Waals surface area contributed by atoms with Gasteiger partial charge in [-0.15, -0.1) is 0 Å². The highest BCUT2D eigenvalue weighted by molar-refractivity contribution is 5.93. The second kappa shape index (κ2) is 3.18. The van der Waals surface area contributed by atoms with Gasteiger partial charge in [0, 0.05) is 18.3 Å². The minimum Gasteiger partial charge on any atom is -0.354 e. The Hall–Kier alpha value is -1.62. The van der Waals surface area contributed by atoms with Crippen LogP contribution in [0.2, 0.25) is 0 Å². The van der Waals surface area contributed by atoms with E-state index >= 15 is 0 Å². The van der Waals surface area contributed by atoms with Crippen LogP contribution in [0, 0.1) is 0 Å². The summed E-state index contributed by atoms with van der Waals surface area (Å²) in [5, 5.41) is 0. The number of pyridine rings is 1. The minimum absolute atomic E-state index is 0.0848. The summed E-state index contributed by atoms with van der Waals surface area (Å²) in [5.74, 6) is -0.112. The Balaban J connectivity index is 2.11. The monoisotopic (exact) mass is 220 g/mol. The van der Waals surface area contributed by atoms with Crippen molar-refractivity contribution in [3.63, 3.8) is 0 Å². The number of ether oxygens (including phenoxy) is 1. The summed E-state index contributed by atoms with van der Waals surface area (Å²) in [5.41, 5.74) is 0.326. The number of hydrogen-bond acceptors (Lipinski definition) is 3. The molecule has 1 aromatic heterocycles. The first-order valence-electron chi connectivity index (χ1n) is 5.31. The Morgan fingerprint density at radius 1 is 1.44 bits per heavy atom. The Morgan fingerprint density at radius 3 is 3.06 bits per heavy atom. The van der Waals surface area contributed by atoms with Crippen LogP contribution in [0.3, 0.4) is 0 Å². The molecule has 16 heavy (non-hydrogen) atoms. The number of nitrogens with zero attached hydrogens (tertiary/aromatic N) is 2. The SMILES string of the molecule is CC1COC2Cn3ccc(=O)cc3C(=O)N12. The molecule has 0 saturated carbocycles. The van der Waals surface area contributed by atoms with E-state index in [-0.39, 0.29) is 23.6 Å². The third-order valence-electron chi connectivity index (χ3n) is 3.13. The molecule has 2 unspecified atom stereocenters. The largest absolute Gasteiger partial charge is 0.354 e. The predicted molar refractivity (Wildman–Crippen MR) is 56.1 cm³/mol. The average Bonchev–Trinajstić information content (AvgIpc) is 2.62. The van der Waals surface area contributed by atoms with Crippen molar-refractivity contribution in [2.45, 2.75) is 25.7 Å². The maximum atomic E-state index is 12.1. The zero-order chi connectivity index (χ0) is 11.3. The molecule has 0 bridgehead atoms. The minimum atomic E-state index is -0.183. The summed E-state index contributed by atoms with van der Waals surface area (Å²) in [6.45, 7) is 3.12. The van der Waals surface area contributed by atoms with Gasteiger partial charge in [0.05, 0.1) is 19.2 Å². The first-order valence-corrected chi connectivity index (χ1v) is 5.31. The van der Waals surface area contributed by atoms with Crippen molar-refractivity contribution in [2.75, 3.05) is 6.61 Å². The van der Waals surface area contributed by atoms with Crippen molar-refractivity contribution in [3.05, 3.63) is 34.2 Å². The lowest BCUT2D eigenvalue weighted by Gasteiger charge is -2.33. The molecule has 1 fully saturated rings. The summed E-state index contributed by atoms with van der Waals surface area (Å²) in [4.78, 5) is 25.1. The molecule has 0 aromatic carbocycles. The highest BCUT2D eigenvalue weighted by atomic mass is 16.5. The molecule has 0 radical (unpaired) electrons. The molecule has 1 amide bonds. The lowest BCUT2D eigenvalue weighted by Crippen LogP contribution is -2.48. The summed E-state index contributed by atoms with van der Waals surface area (Å²) < 4.78 is 7.31. The Morgan fingerprint density at radius 2 is 2.25 bits per heavy atom. The first kappa shape index (κ1) is 9.59. The highest BCUT2D eigenvalue weighted by Gasteiger charge is 2.40. The van der Waals surface area contributed by atoms with Crippen LogP contribution in [0.1, 0.15) is 17.4 Å². The number of amides is 1. The van der Waals surface area contributed by atoms with Crippen molar-refractivity contribution in [1.82, 2.24) is 9.47 Å². The number of carbonyl (C=O) groups is 1. The van der Waals surface area contributed by atoms with E-state index in [4.69, 9.17) is 4.74 Å². The number of rotatable bonds is 0. The molecule has 3 rings (SSSR count). The molecule has 0 spiro atoms. The van der Waals surface area contributed by atoms with E-state index in [0.29, 0.717) is 18.8 Å². The Labute approximate surface area is 92.2 Å². The van der Waals surface area contributed by atoms with Gasteiger partial charge in [0.1, 0.15) is 5.69 Å². The van der Waals surface area contributed by atoms with E-state index in [1.54, 1.807) is 15.7 Å². The topological polar surface area (TPSA) is 51.5 Å². The molecule has 5 heteroatoms. The second-order valence-corrected chi connectivity index (χ2v) is 4.25. The molecule has 3 heterocycles. The molecular weight excluding hydrogens is 208 g/mol. The molecule has 0 aliphatic carbocycles. The van der Waals surface area contributed by atoms with E-state index in [0.717, 1.165) is 0 Å². The van der Waals surface area contributed by atoms with Crippen molar-refractivity contribution in [2.24, 2.45) is 0 Å². The van der Waals surface area contributed by atoms with Gasteiger partial charge >= 0.3 is 0 Å². The number of carbonyl (C=O) groups excluding carboxylic acids is 1. The first-order chi connectivity index (χ1) is 7.66. The van der Waals surface area contributed by atoms with E-state index in [1.807, 2.05) is 6.92 Å². The molecule has 5 nitrogen and oxygen atoms in total. The van der Waals surface area contributed by atoms with Gasteiger partial charge in [-0.05, 0) is 6.92 Å². The van der Waals surface area contributed by atoms with Gasteiger partial charge in [0.25, 0.3) is 5.91 Å². The van der Waals surface area contributed by atoms with Gasteiger partial charge in [0.2, 0.25) is 0 Å². The molecule has 1 aromatic rings. The standard InChI is InChI=1S/C11H12N2O3/c1-7-6-16-10-5-12-3-2-8(14)4-9(12)11(15)13(7)10/h2-4,7,10H,5-6H2,1H3. The van der Waals surface area contributed by atoms with Crippen LogP contribution in [-0.4, -0.2) is 34.3 Å². The van der Waals surface area contributed by atoms with Crippen LogP contribution < -0.4 is 5.43 Å². The zero-order valence-corrected chi connectivity index (χ0v) is 8.92. The average molecular weight is 220 g/mol. The van der Waals surface area contributed by atoms with E-state index in [1.165, 1.54) is 12.1 Å². The van der Waals surface area contributed by atoms with Crippen LogP contribution in [0.4, 0.5) is 0 Å². The summed E-state index contributed by atoms with van der Waals surface area (Å²) in [6.07, 6.45) is 1.47. The maximum Gasteiger partial charge on any atom is 0.273 e. The molecule has 2 aliphatic heterocycles. The Bertz CT molecular complexity index is 508. The van der Waals surface area contributed by atoms with E-state index in [9.17, 15) is 9.59 Å². The molecule has 2 atom stereocenters. The van der Waals surface area contributed by atoms with Gasteiger partial charge in [-0.2, -0.15) is 0 Å². The zero-order valence-electron chi connectivity index (χ0n) is 8.92. The van der Waals surface area contributed by atoms with Crippen LogP contribution in [0.15, 0.2) is 23.1 Å². The van der Waals surface area contributed by atoms with Gasteiger partial charge in [-0.3, -0.25) is 9.59 Å². The molecule has 2 aliphatic rings. The van der Waals surface area contributed by atoms with Crippen LogP contribution in [0.5, 0.6) is 0 Å². The number of fused-ring (bicyclic) bond motifs is 2. The van der Waals surface area contributed by atoms with E-state index in [2.05, 4.69) is 0 Å². The molecule has 84 valence electrons. The fraction of sp³-hybridized carbons (Fsp3) is 0.455. The van der Waals surface area contributed by atoms with Gasteiger partial charge in [0.15, 0.2) is 11.7 Å². The quantitative estimate of drug-likeness (QED) is 0.620. The second-order valence-electron chi connectivity index (χ2n) is 4.25. The van der Waals surface area contributed by atoms with Gasteiger partial charge in [-0.1, -0.05) is 0 Å². The van der Waals surface area contributed by atoms with Crippen molar-refractivity contribution < 1.29 is 9.53 Å². The lowest BCUT2D eigenvalue weighted by atomic mass is 10.2. The molecular formula is C11H12N2O3. The predicted octanol–water partition coefficient (Wildman–Crippen LogP) is 0.0489. The number of aromatic nitrogens is 1. The fourth-order valence-electron chi connectivity index (χ4n) is 2.32. The fourth-order valence-corrected chi connectivity index (χ4v) is 2.32. The maximum absolute atomic E-state index is 12.1. The Kier molecular flexibility index (Phi) is 1.91. The molecule has 0 N–H and O–H groups in total. The van der Waals surface area contributed by atoms with Crippen molar-refractivity contribution in [1.29, 1.82) is 0 Å². The van der Waals surface area contributed by atoms with Crippen LogP contribution >= 0.6 is 0 Å². The molecule has 1 saturated heterocycles. The van der Waals surface area contributed by atoms with Crippen molar-refractivity contribution >= 4 is 5.91 Å².